The van der Waals surface area contributed by atoms with Crippen LogP contribution in [0.5, 0.6) is 0 Å². The molecule has 2 rings (SSSR count). The molecule has 0 fully saturated rings. The molecule has 1 aromatic carbocycles. The second-order valence-electron chi connectivity index (χ2n) is 5.63. The molecule has 0 spiro atoms. The van der Waals surface area contributed by atoms with Crippen molar-refractivity contribution < 1.29 is 0 Å². The van der Waals surface area contributed by atoms with E-state index < -0.39 is 0 Å². The van der Waals surface area contributed by atoms with E-state index in [-0.39, 0.29) is 24.0 Å². The maximum atomic E-state index is 4.68. The summed E-state index contributed by atoms with van der Waals surface area (Å²) in [5, 5.41) is 3.33. The Morgan fingerprint density at radius 3 is 2.80 bits per heavy atom. The molecule has 0 aliphatic carbocycles. The molecule has 0 bridgehead atoms. The Morgan fingerprint density at radius 1 is 1.36 bits per heavy atom. The number of halogens is 1. The second kappa shape index (κ2) is 11.7. The summed E-state index contributed by atoms with van der Waals surface area (Å²) >= 11 is 0. The van der Waals surface area contributed by atoms with Crippen LogP contribution in [0, 0.1) is 0 Å². The highest BCUT2D eigenvalue weighted by atomic mass is 127. The number of aromatic amines is 1. The molecular formula is C19H28IN5. The van der Waals surface area contributed by atoms with Crippen LogP contribution in [0.1, 0.15) is 25.6 Å². The Labute approximate surface area is 167 Å². The van der Waals surface area contributed by atoms with Gasteiger partial charge in [0, 0.05) is 20.1 Å². The van der Waals surface area contributed by atoms with Gasteiger partial charge in [-0.05, 0) is 25.3 Å². The fourth-order valence-electron chi connectivity index (χ4n) is 2.41. The standard InChI is InChI=1S/C19H27N5.HI/c1-4-6-10-13-24(3)19(20-5-2)22-15-18-21-14-17(23-18)16-11-8-7-9-12-16;/h4,7-9,11-12,14H,1,5-6,10,13,15H2,2-3H3,(H,20,22)(H,21,23);1H. The van der Waals surface area contributed by atoms with E-state index in [4.69, 9.17) is 0 Å². The predicted molar refractivity (Wildman–Crippen MR) is 116 cm³/mol. The lowest BCUT2D eigenvalue weighted by molar-refractivity contribution is 0.469. The summed E-state index contributed by atoms with van der Waals surface area (Å²) in [6.07, 6.45) is 5.90. The van der Waals surface area contributed by atoms with Crippen LogP contribution in [-0.4, -0.2) is 41.0 Å². The third-order valence-corrected chi connectivity index (χ3v) is 3.69. The lowest BCUT2D eigenvalue weighted by atomic mass is 10.2. The number of aromatic nitrogens is 2. The number of benzene rings is 1. The predicted octanol–water partition coefficient (Wildman–Crippen LogP) is 4.06. The summed E-state index contributed by atoms with van der Waals surface area (Å²) in [6, 6.07) is 10.2. The summed E-state index contributed by atoms with van der Waals surface area (Å²) in [5.41, 5.74) is 2.15. The van der Waals surface area contributed by atoms with Crippen LogP contribution >= 0.6 is 24.0 Å². The first-order valence-electron chi connectivity index (χ1n) is 8.44. The number of H-pyrrole nitrogens is 1. The quantitative estimate of drug-likeness (QED) is 0.209. The molecule has 2 aromatic rings. The number of nitrogens with zero attached hydrogens (tertiary/aromatic N) is 3. The van der Waals surface area contributed by atoms with Crippen molar-refractivity contribution in [3.8, 4) is 11.3 Å². The number of rotatable bonds is 8. The summed E-state index contributed by atoms with van der Waals surface area (Å²) in [4.78, 5) is 14.6. The molecule has 0 saturated carbocycles. The fourth-order valence-corrected chi connectivity index (χ4v) is 2.41. The normalized spacial score (nSPS) is 10.9. The molecule has 0 atom stereocenters. The number of aliphatic imine (C=N–C) groups is 1. The smallest absolute Gasteiger partial charge is 0.194 e. The van der Waals surface area contributed by atoms with E-state index in [0.717, 1.165) is 49.0 Å². The minimum atomic E-state index is 0. The van der Waals surface area contributed by atoms with Gasteiger partial charge < -0.3 is 15.2 Å². The lowest BCUT2D eigenvalue weighted by Crippen LogP contribution is -2.39. The van der Waals surface area contributed by atoms with Crippen LogP contribution in [0.2, 0.25) is 0 Å². The van der Waals surface area contributed by atoms with Crippen molar-refractivity contribution in [1.29, 1.82) is 0 Å². The molecule has 0 aliphatic rings. The van der Waals surface area contributed by atoms with Gasteiger partial charge in [-0.2, -0.15) is 0 Å². The van der Waals surface area contributed by atoms with Crippen LogP contribution < -0.4 is 5.32 Å². The molecule has 5 nitrogen and oxygen atoms in total. The Bertz CT molecular complexity index is 651. The van der Waals surface area contributed by atoms with E-state index in [2.05, 4.69) is 57.9 Å². The average molecular weight is 453 g/mol. The molecule has 0 unspecified atom stereocenters. The highest BCUT2D eigenvalue weighted by Gasteiger charge is 2.06. The molecule has 0 amide bonds. The van der Waals surface area contributed by atoms with Crippen molar-refractivity contribution in [2.75, 3.05) is 20.1 Å². The van der Waals surface area contributed by atoms with E-state index in [1.54, 1.807) is 0 Å². The minimum Gasteiger partial charge on any atom is -0.357 e. The first-order valence-corrected chi connectivity index (χ1v) is 8.44. The maximum absolute atomic E-state index is 4.68. The largest absolute Gasteiger partial charge is 0.357 e. The molecule has 25 heavy (non-hydrogen) atoms. The Kier molecular flexibility index (Phi) is 9.91. The highest BCUT2D eigenvalue weighted by Crippen LogP contribution is 2.16. The zero-order chi connectivity index (χ0) is 17.2. The average Bonchev–Trinajstić information content (AvgIpc) is 3.08. The number of nitrogens with one attached hydrogen (secondary N) is 2. The number of hydrogen-bond acceptors (Lipinski definition) is 2. The van der Waals surface area contributed by atoms with E-state index in [1.807, 2.05) is 30.5 Å². The number of guanidine groups is 1. The van der Waals surface area contributed by atoms with Crippen molar-refractivity contribution in [2.45, 2.75) is 26.3 Å². The van der Waals surface area contributed by atoms with E-state index in [0.29, 0.717) is 6.54 Å². The van der Waals surface area contributed by atoms with E-state index in [1.165, 1.54) is 0 Å². The molecule has 6 heteroatoms. The topological polar surface area (TPSA) is 56.3 Å². The summed E-state index contributed by atoms with van der Waals surface area (Å²) in [6.45, 7) is 8.17. The van der Waals surface area contributed by atoms with Gasteiger partial charge in [-0.15, -0.1) is 30.6 Å². The molecule has 0 radical (unpaired) electrons. The Hall–Kier alpha value is -1.83. The first kappa shape index (κ1) is 21.2. The molecule has 1 heterocycles. The van der Waals surface area contributed by atoms with Gasteiger partial charge in [0.25, 0.3) is 0 Å². The SMILES string of the molecule is C=CCCCN(C)C(=NCc1ncc(-c2ccccc2)[nH]1)NCC.I. The third-order valence-electron chi connectivity index (χ3n) is 3.69. The Balaban J connectivity index is 0.00000312. The van der Waals surface area contributed by atoms with Gasteiger partial charge in [-0.3, -0.25) is 0 Å². The van der Waals surface area contributed by atoms with E-state index >= 15 is 0 Å². The van der Waals surface area contributed by atoms with Gasteiger partial charge >= 0.3 is 0 Å². The summed E-state index contributed by atoms with van der Waals surface area (Å²) in [7, 11) is 2.06. The lowest BCUT2D eigenvalue weighted by Gasteiger charge is -2.21. The molecule has 1 aromatic heterocycles. The first-order chi connectivity index (χ1) is 11.7. The van der Waals surface area contributed by atoms with E-state index in [9.17, 15) is 0 Å². The third kappa shape index (κ3) is 6.89. The summed E-state index contributed by atoms with van der Waals surface area (Å²) in [5.74, 6) is 1.77. The van der Waals surface area contributed by atoms with Crippen molar-refractivity contribution >= 4 is 29.9 Å². The minimum absolute atomic E-state index is 0. The number of imidazole rings is 1. The zero-order valence-corrected chi connectivity index (χ0v) is 17.4. The van der Waals surface area contributed by atoms with Gasteiger partial charge in [-0.25, -0.2) is 9.98 Å². The van der Waals surface area contributed by atoms with Crippen molar-refractivity contribution in [1.82, 2.24) is 20.2 Å². The van der Waals surface area contributed by atoms with Crippen molar-refractivity contribution in [3.05, 3.63) is 55.0 Å². The number of allylic oxidation sites excluding steroid dienone is 1. The molecular weight excluding hydrogens is 425 g/mol. The Morgan fingerprint density at radius 2 is 2.12 bits per heavy atom. The van der Waals surface area contributed by atoms with Crippen molar-refractivity contribution in [3.63, 3.8) is 0 Å². The van der Waals surface area contributed by atoms with Crippen LogP contribution in [0.25, 0.3) is 11.3 Å². The van der Waals surface area contributed by atoms with Gasteiger partial charge in [0.1, 0.15) is 12.4 Å². The van der Waals surface area contributed by atoms with Crippen molar-refractivity contribution in [2.24, 2.45) is 4.99 Å². The number of hydrogen-bond donors (Lipinski definition) is 2. The van der Waals surface area contributed by atoms with Gasteiger partial charge in [0.05, 0.1) is 11.9 Å². The van der Waals surface area contributed by atoms with Gasteiger partial charge in [0.15, 0.2) is 5.96 Å². The molecule has 0 aliphatic heterocycles. The molecule has 136 valence electrons. The van der Waals surface area contributed by atoms with Crippen LogP contribution in [-0.2, 0) is 6.54 Å². The van der Waals surface area contributed by atoms with Crippen LogP contribution in [0.15, 0.2) is 54.2 Å². The maximum Gasteiger partial charge on any atom is 0.194 e. The highest BCUT2D eigenvalue weighted by molar-refractivity contribution is 14.0. The summed E-state index contributed by atoms with van der Waals surface area (Å²) < 4.78 is 0. The molecule has 2 N–H and O–H groups in total. The van der Waals surface area contributed by atoms with Crippen LogP contribution in [0.3, 0.4) is 0 Å². The monoisotopic (exact) mass is 453 g/mol. The van der Waals surface area contributed by atoms with Gasteiger partial charge in [0.2, 0.25) is 0 Å². The fraction of sp³-hybridized carbons (Fsp3) is 0.368. The number of unbranched alkanes of at least 4 members (excludes halogenated alkanes) is 1. The van der Waals surface area contributed by atoms with Crippen LogP contribution in [0.4, 0.5) is 0 Å². The second-order valence-corrected chi connectivity index (χ2v) is 5.63. The van der Waals surface area contributed by atoms with Gasteiger partial charge in [-0.1, -0.05) is 36.4 Å². The zero-order valence-electron chi connectivity index (χ0n) is 15.0. The molecule has 0 saturated heterocycles.